The van der Waals surface area contributed by atoms with Crippen LogP contribution < -0.4 is 5.32 Å². The Morgan fingerprint density at radius 1 is 1.07 bits per heavy atom. The minimum Gasteiger partial charge on any atom is -0.465 e. The molecule has 1 heterocycles. The Hall–Kier alpha value is -3.32. The van der Waals surface area contributed by atoms with Crippen LogP contribution in [0.4, 0.5) is 5.69 Å². The van der Waals surface area contributed by atoms with Crippen LogP contribution in [0.3, 0.4) is 0 Å². The molecule has 0 aliphatic carbocycles. The van der Waals surface area contributed by atoms with Gasteiger partial charge in [-0.1, -0.05) is 48.2 Å². The van der Waals surface area contributed by atoms with Gasteiger partial charge in [0.2, 0.25) is 5.91 Å². The molecule has 0 atom stereocenters. The first kappa shape index (κ1) is 18.1. The predicted molar refractivity (Wildman–Crippen MR) is 111 cm³/mol. The maximum absolute atomic E-state index is 12.3. The average molecular weight is 391 g/mol. The summed E-state index contributed by atoms with van der Waals surface area (Å²) in [4.78, 5) is 31.9. The molecule has 3 aromatic carbocycles. The smallest absolute Gasteiger partial charge is 0.339 e. The van der Waals surface area contributed by atoms with Crippen LogP contribution in [-0.4, -0.2) is 34.7 Å². The lowest BCUT2D eigenvalue weighted by Crippen LogP contribution is -2.17. The highest BCUT2D eigenvalue weighted by atomic mass is 32.2. The van der Waals surface area contributed by atoms with E-state index in [1.165, 1.54) is 18.9 Å². The molecule has 28 heavy (non-hydrogen) atoms. The quantitative estimate of drug-likeness (QED) is 0.393. The Morgan fingerprint density at radius 3 is 2.57 bits per heavy atom. The highest BCUT2D eigenvalue weighted by Gasteiger charge is 2.14. The minimum absolute atomic E-state index is 0.162. The Balaban J connectivity index is 1.46. The number of aromatic nitrogens is 2. The van der Waals surface area contributed by atoms with Crippen LogP contribution in [0.25, 0.3) is 21.8 Å². The summed E-state index contributed by atoms with van der Waals surface area (Å²) in [5.74, 6) is -0.561. The summed E-state index contributed by atoms with van der Waals surface area (Å²) in [6.45, 7) is 0. The van der Waals surface area contributed by atoms with Crippen LogP contribution in [0.5, 0.6) is 0 Å². The Morgan fingerprint density at radius 2 is 1.79 bits per heavy atom. The molecule has 1 aromatic heterocycles. The predicted octanol–water partition coefficient (Wildman–Crippen LogP) is 4.23. The molecule has 0 saturated carbocycles. The van der Waals surface area contributed by atoms with Gasteiger partial charge in [0.05, 0.1) is 35.1 Å². The van der Waals surface area contributed by atoms with Crippen molar-refractivity contribution in [1.82, 2.24) is 9.97 Å². The third-order valence-electron chi connectivity index (χ3n) is 4.27. The van der Waals surface area contributed by atoms with Crippen molar-refractivity contribution in [3.63, 3.8) is 0 Å². The molecule has 140 valence electrons. The third-order valence-corrected chi connectivity index (χ3v) is 5.15. The second-order valence-corrected chi connectivity index (χ2v) is 7.10. The molecule has 0 aliphatic rings. The zero-order valence-corrected chi connectivity index (χ0v) is 15.9. The van der Waals surface area contributed by atoms with E-state index >= 15 is 0 Å². The zero-order chi connectivity index (χ0) is 19.5. The normalized spacial score (nSPS) is 10.9. The number of hydrogen-bond acceptors (Lipinski definition) is 5. The van der Waals surface area contributed by atoms with Crippen LogP contribution in [0.2, 0.25) is 0 Å². The molecule has 0 fully saturated rings. The maximum Gasteiger partial charge on any atom is 0.339 e. The molecule has 0 radical (unpaired) electrons. The number of benzene rings is 3. The lowest BCUT2D eigenvalue weighted by atomic mass is 10.1. The number of fused-ring (bicyclic) bond motifs is 2. The van der Waals surface area contributed by atoms with Crippen LogP contribution >= 0.6 is 11.8 Å². The number of anilines is 1. The van der Waals surface area contributed by atoms with Gasteiger partial charge in [0.1, 0.15) is 0 Å². The molecule has 6 nitrogen and oxygen atoms in total. The van der Waals surface area contributed by atoms with Gasteiger partial charge in [0.25, 0.3) is 0 Å². The minimum atomic E-state index is -0.493. The largest absolute Gasteiger partial charge is 0.465 e. The zero-order valence-electron chi connectivity index (χ0n) is 15.1. The van der Waals surface area contributed by atoms with Crippen molar-refractivity contribution in [2.75, 3.05) is 18.2 Å². The van der Waals surface area contributed by atoms with Crippen molar-refractivity contribution in [2.24, 2.45) is 0 Å². The number of aromatic amines is 1. The fourth-order valence-corrected chi connectivity index (χ4v) is 3.63. The number of nitrogens with one attached hydrogen (secondary N) is 2. The van der Waals surface area contributed by atoms with E-state index in [0.29, 0.717) is 16.4 Å². The highest BCUT2D eigenvalue weighted by Crippen LogP contribution is 2.25. The SMILES string of the molecule is COC(=O)c1ccccc1NC(=O)CSc1nc2cc3ccccc3cc2[nH]1. The van der Waals surface area contributed by atoms with Crippen molar-refractivity contribution in [3.8, 4) is 0 Å². The molecule has 7 heteroatoms. The van der Waals surface area contributed by atoms with E-state index in [9.17, 15) is 9.59 Å². The number of rotatable bonds is 5. The summed E-state index contributed by atoms with van der Waals surface area (Å²) >= 11 is 1.31. The van der Waals surface area contributed by atoms with Gasteiger partial charge in [-0.05, 0) is 35.0 Å². The van der Waals surface area contributed by atoms with Crippen LogP contribution in [0.15, 0.2) is 65.8 Å². The fraction of sp³-hybridized carbons (Fsp3) is 0.0952. The number of esters is 1. The van der Waals surface area contributed by atoms with E-state index in [-0.39, 0.29) is 11.7 Å². The fourth-order valence-electron chi connectivity index (χ4n) is 2.94. The lowest BCUT2D eigenvalue weighted by Gasteiger charge is -2.08. The van der Waals surface area contributed by atoms with E-state index in [2.05, 4.69) is 27.4 Å². The number of carbonyl (C=O) groups excluding carboxylic acids is 2. The Kier molecular flexibility index (Phi) is 4.99. The summed E-state index contributed by atoms with van der Waals surface area (Å²) in [5, 5.41) is 5.67. The molecule has 0 saturated heterocycles. The number of nitrogens with zero attached hydrogens (tertiary/aromatic N) is 1. The van der Waals surface area contributed by atoms with E-state index < -0.39 is 5.97 Å². The molecule has 0 unspecified atom stereocenters. The number of hydrogen-bond donors (Lipinski definition) is 2. The van der Waals surface area contributed by atoms with Crippen molar-refractivity contribution in [1.29, 1.82) is 0 Å². The van der Waals surface area contributed by atoms with Crippen molar-refractivity contribution >= 4 is 51.1 Å². The summed E-state index contributed by atoms with van der Waals surface area (Å²) in [6, 6.07) is 18.9. The topological polar surface area (TPSA) is 84.1 Å². The van der Waals surface area contributed by atoms with Gasteiger partial charge in [0.15, 0.2) is 5.16 Å². The van der Waals surface area contributed by atoms with Gasteiger partial charge in [0, 0.05) is 0 Å². The number of methoxy groups -OCH3 is 1. The summed E-state index contributed by atoms with van der Waals surface area (Å²) < 4.78 is 4.74. The van der Waals surface area contributed by atoms with Gasteiger partial charge in [-0.3, -0.25) is 4.79 Å². The maximum atomic E-state index is 12.3. The van der Waals surface area contributed by atoms with E-state index in [1.807, 2.05) is 24.3 Å². The second-order valence-electron chi connectivity index (χ2n) is 6.13. The first-order chi connectivity index (χ1) is 13.6. The molecule has 1 amide bonds. The average Bonchev–Trinajstić information content (AvgIpc) is 3.12. The molecule has 2 N–H and O–H groups in total. The number of thioether (sulfide) groups is 1. The van der Waals surface area contributed by atoms with Gasteiger partial charge >= 0.3 is 5.97 Å². The number of amides is 1. The van der Waals surface area contributed by atoms with Crippen molar-refractivity contribution in [2.45, 2.75) is 5.16 Å². The van der Waals surface area contributed by atoms with Crippen LogP contribution in [-0.2, 0) is 9.53 Å². The van der Waals surface area contributed by atoms with Crippen LogP contribution in [0, 0.1) is 0 Å². The van der Waals surface area contributed by atoms with Gasteiger partial charge < -0.3 is 15.0 Å². The second kappa shape index (κ2) is 7.74. The van der Waals surface area contributed by atoms with Gasteiger partial charge in [-0.15, -0.1) is 0 Å². The molecule has 0 spiro atoms. The summed E-state index contributed by atoms with van der Waals surface area (Å²) in [5.41, 5.74) is 2.53. The first-order valence-corrected chi connectivity index (χ1v) is 9.61. The molecular weight excluding hydrogens is 374 g/mol. The van der Waals surface area contributed by atoms with E-state index in [4.69, 9.17) is 4.74 Å². The molecule has 0 bridgehead atoms. The van der Waals surface area contributed by atoms with Crippen molar-refractivity contribution < 1.29 is 14.3 Å². The molecule has 4 rings (SSSR count). The third kappa shape index (κ3) is 3.70. The Labute approximate surface area is 165 Å². The summed E-state index contributed by atoms with van der Waals surface area (Å²) in [7, 11) is 1.31. The Bertz CT molecular complexity index is 1130. The molecular formula is C21H17N3O3S. The standard InChI is InChI=1S/C21H17N3O3S/c1-27-20(26)15-8-4-5-9-16(15)22-19(25)12-28-21-23-17-10-13-6-2-3-7-14(13)11-18(17)24-21/h2-11H,12H2,1H3,(H,22,25)(H,23,24). The first-order valence-electron chi connectivity index (χ1n) is 8.62. The number of carbonyl (C=O) groups is 2. The summed E-state index contributed by atoms with van der Waals surface area (Å²) in [6.07, 6.45) is 0. The van der Waals surface area contributed by atoms with Crippen molar-refractivity contribution in [3.05, 3.63) is 66.2 Å². The monoisotopic (exact) mass is 391 g/mol. The molecule has 4 aromatic rings. The van der Waals surface area contributed by atoms with Crippen LogP contribution in [0.1, 0.15) is 10.4 Å². The van der Waals surface area contributed by atoms with E-state index in [0.717, 1.165) is 21.8 Å². The number of ether oxygens (including phenoxy) is 1. The van der Waals surface area contributed by atoms with E-state index in [1.54, 1.807) is 24.3 Å². The van der Waals surface area contributed by atoms with Gasteiger partial charge in [-0.25, -0.2) is 9.78 Å². The van der Waals surface area contributed by atoms with Gasteiger partial charge in [-0.2, -0.15) is 0 Å². The number of H-pyrrole nitrogens is 1. The lowest BCUT2D eigenvalue weighted by molar-refractivity contribution is -0.113. The molecule has 0 aliphatic heterocycles. The number of imidazole rings is 1. The highest BCUT2D eigenvalue weighted by molar-refractivity contribution is 7.99. The number of para-hydroxylation sites is 1.